The molecule has 2 heterocycles. The third kappa shape index (κ3) is 3.70. The molecule has 0 radical (unpaired) electrons. The Labute approximate surface area is 166 Å². The summed E-state index contributed by atoms with van der Waals surface area (Å²) in [7, 11) is -4.01. The summed E-state index contributed by atoms with van der Waals surface area (Å²) >= 11 is 26.7. The van der Waals surface area contributed by atoms with Crippen molar-refractivity contribution in [3.8, 4) is 9.75 Å². The second-order valence-electron chi connectivity index (χ2n) is 4.57. The van der Waals surface area contributed by atoms with E-state index in [1.54, 1.807) is 6.07 Å². The molecule has 0 aliphatic rings. The molecule has 0 bridgehead atoms. The number of halogens is 4. The minimum absolute atomic E-state index is 0.0565. The molecule has 0 aliphatic carbocycles. The van der Waals surface area contributed by atoms with Gasteiger partial charge in [-0.15, -0.1) is 22.7 Å². The highest BCUT2D eigenvalue weighted by Crippen LogP contribution is 2.43. The molecule has 1 aromatic carbocycles. The molecule has 126 valence electrons. The highest BCUT2D eigenvalue weighted by atomic mass is 35.5. The Morgan fingerprint density at radius 3 is 2.25 bits per heavy atom. The maximum absolute atomic E-state index is 12.7. The Balaban J connectivity index is 2.06. The summed E-state index contributed by atoms with van der Waals surface area (Å²) in [6.07, 6.45) is 0. The van der Waals surface area contributed by atoms with Gasteiger partial charge in [-0.05, 0) is 29.6 Å². The highest BCUT2D eigenvalue weighted by Gasteiger charge is 2.25. The monoisotopic (exact) mass is 457 g/mol. The predicted molar refractivity (Wildman–Crippen MR) is 105 cm³/mol. The van der Waals surface area contributed by atoms with Gasteiger partial charge in [0.05, 0.1) is 24.9 Å². The van der Waals surface area contributed by atoms with Crippen molar-refractivity contribution in [1.82, 2.24) is 0 Å². The summed E-state index contributed by atoms with van der Waals surface area (Å²) in [5.41, 5.74) is 0.370. The molecule has 24 heavy (non-hydrogen) atoms. The van der Waals surface area contributed by atoms with E-state index in [0.717, 1.165) is 9.75 Å². The summed E-state index contributed by atoms with van der Waals surface area (Å²) in [5, 5.41) is 2.04. The molecule has 0 unspecified atom stereocenters. The molecule has 0 amide bonds. The maximum atomic E-state index is 12.7. The average Bonchev–Trinajstić information content (AvgIpc) is 3.05. The van der Waals surface area contributed by atoms with Crippen LogP contribution in [-0.2, 0) is 10.0 Å². The van der Waals surface area contributed by atoms with Gasteiger partial charge < -0.3 is 0 Å². The van der Waals surface area contributed by atoms with Gasteiger partial charge in [0.15, 0.2) is 0 Å². The van der Waals surface area contributed by atoms with Gasteiger partial charge in [0.1, 0.15) is 4.90 Å². The van der Waals surface area contributed by atoms with Gasteiger partial charge in [-0.25, -0.2) is 8.42 Å². The van der Waals surface area contributed by atoms with Crippen molar-refractivity contribution in [2.24, 2.45) is 0 Å². The fraction of sp³-hybridized carbons (Fsp3) is 0. The van der Waals surface area contributed by atoms with E-state index in [1.165, 1.54) is 34.8 Å². The van der Waals surface area contributed by atoms with E-state index < -0.39 is 10.0 Å². The van der Waals surface area contributed by atoms with Crippen LogP contribution in [0.5, 0.6) is 0 Å². The van der Waals surface area contributed by atoms with E-state index in [4.69, 9.17) is 46.4 Å². The summed E-state index contributed by atoms with van der Waals surface area (Å²) in [5.74, 6) is 0. The number of benzene rings is 1. The van der Waals surface area contributed by atoms with E-state index in [2.05, 4.69) is 4.72 Å². The van der Waals surface area contributed by atoms with E-state index >= 15 is 0 Å². The summed E-state index contributed by atoms with van der Waals surface area (Å²) in [4.78, 5) is 1.40. The number of anilines is 1. The van der Waals surface area contributed by atoms with Crippen molar-refractivity contribution in [1.29, 1.82) is 0 Å². The van der Waals surface area contributed by atoms with Crippen LogP contribution in [0.4, 0.5) is 5.69 Å². The largest absolute Gasteiger partial charge is 0.278 e. The number of sulfonamides is 1. The molecular weight excluding hydrogens is 452 g/mol. The van der Waals surface area contributed by atoms with Gasteiger partial charge in [-0.1, -0.05) is 52.5 Å². The third-order valence-corrected chi connectivity index (χ3v) is 7.74. The SMILES string of the molecule is O=S(=O)(Nc1cc(Cl)sc1-c1cccs1)c1c(Cl)cc(Cl)cc1Cl. The van der Waals surface area contributed by atoms with E-state index in [9.17, 15) is 8.42 Å². The molecule has 3 rings (SSSR count). The van der Waals surface area contributed by atoms with Crippen LogP contribution in [0.1, 0.15) is 0 Å². The number of hydrogen-bond acceptors (Lipinski definition) is 4. The lowest BCUT2D eigenvalue weighted by Gasteiger charge is -2.11. The molecule has 10 heteroatoms. The summed E-state index contributed by atoms with van der Waals surface area (Å²) < 4.78 is 28.4. The van der Waals surface area contributed by atoms with Gasteiger partial charge in [0, 0.05) is 9.90 Å². The Hall–Kier alpha value is -0.470. The second kappa shape index (κ2) is 7.03. The van der Waals surface area contributed by atoms with Crippen LogP contribution in [0.25, 0.3) is 9.75 Å². The van der Waals surface area contributed by atoms with Crippen LogP contribution in [-0.4, -0.2) is 8.42 Å². The first-order chi connectivity index (χ1) is 11.3. The van der Waals surface area contributed by atoms with Crippen LogP contribution in [0.2, 0.25) is 19.4 Å². The van der Waals surface area contributed by atoms with Crippen LogP contribution >= 0.6 is 69.1 Å². The minimum Gasteiger partial charge on any atom is -0.278 e. The van der Waals surface area contributed by atoms with Gasteiger partial charge in [-0.3, -0.25) is 4.72 Å². The predicted octanol–water partition coefficient (Wildman–Crippen LogP) is 6.89. The standard InChI is InChI=1S/C14H7Cl4NO2S3/c15-7-4-8(16)14(9(17)5-7)24(20,21)19-10-6-12(18)23-13(10)11-2-1-3-22-11/h1-6,19H. The number of thiophene rings is 2. The Bertz CT molecular complexity index is 974. The van der Waals surface area contributed by atoms with E-state index in [0.29, 0.717) is 10.0 Å². The van der Waals surface area contributed by atoms with Crippen molar-refractivity contribution in [3.05, 3.63) is 55.1 Å². The van der Waals surface area contributed by atoms with Gasteiger partial charge in [0.2, 0.25) is 0 Å². The summed E-state index contributed by atoms with van der Waals surface area (Å²) in [6, 6.07) is 7.96. The van der Waals surface area contributed by atoms with E-state index in [-0.39, 0.29) is 20.0 Å². The molecule has 0 aliphatic heterocycles. The normalized spacial score (nSPS) is 11.7. The van der Waals surface area contributed by atoms with Crippen molar-refractivity contribution >= 4 is 84.8 Å². The lowest BCUT2D eigenvalue weighted by Crippen LogP contribution is -2.14. The third-order valence-electron chi connectivity index (χ3n) is 2.92. The average molecular weight is 459 g/mol. The highest BCUT2D eigenvalue weighted by molar-refractivity contribution is 7.93. The first-order valence-electron chi connectivity index (χ1n) is 6.28. The second-order valence-corrected chi connectivity index (χ2v) is 10.1. The zero-order valence-electron chi connectivity index (χ0n) is 11.5. The zero-order valence-corrected chi connectivity index (χ0v) is 17.0. The molecule has 1 N–H and O–H groups in total. The quantitative estimate of drug-likeness (QED) is 0.462. The van der Waals surface area contributed by atoms with Crippen LogP contribution in [0.15, 0.2) is 40.6 Å². The molecule has 3 aromatic rings. The van der Waals surface area contributed by atoms with E-state index in [1.807, 2.05) is 17.5 Å². The first kappa shape index (κ1) is 18.3. The number of nitrogens with one attached hydrogen (secondary N) is 1. The molecule has 0 saturated heterocycles. The Morgan fingerprint density at radius 1 is 1.00 bits per heavy atom. The van der Waals surface area contributed by atoms with Crippen molar-refractivity contribution in [2.45, 2.75) is 4.90 Å². The van der Waals surface area contributed by atoms with Crippen LogP contribution in [0.3, 0.4) is 0 Å². The molecular formula is C14H7Cl4NO2S3. The lowest BCUT2D eigenvalue weighted by molar-refractivity contribution is 0.601. The zero-order chi connectivity index (χ0) is 17.5. The fourth-order valence-electron chi connectivity index (χ4n) is 2.01. The molecule has 2 aromatic heterocycles. The Morgan fingerprint density at radius 2 is 1.67 bits per heavy atom. The summed E-state index contributed by atoms with van der Waals surface area (Å²) in [6.45, 7) is 0. The Kier molecular flexibility index (Phi) is 5.37. The topological polar surface area (TPSA) is 46.2 Å². The minimum atomic E-state index is -4.01. The molecule has 3 nitrogen and oxygen atoms in total. The van der Waals surface area contributed by atoms with Crippen LogP contribution < -0.4 is 4.72 Å². The molecule has 0 fully saturated rings. The lowest BCUT2D eigenvalue weighted by atomic mass is 10.3. The van der Waals surface area contributed by atoms with Crippen molar-refractivity contribution < 1.29 is 8.42 Å². The van der Waals surface area contributed by atoms with Crippen molar-refractivity contribution in [2.75, 3.05) is 4.72 Å². The van der Waals surface area contributed by atoms with Gasteiger partial charge >= 0.3 is 0 Å². The number of hydrogen-bond donors (Lipinski definition) is 1. The maximum Gasteiger partial charge on any atom is 0.264 e. The molecule has 0 saturated carbocycles. The van der Waals surface area contributed by atoms with Crippen molar-refractivity contribution in [3.63, 3.8) is 0 Å². The van der Waals surface area contributed by atoms with Crippen LogP contribution in [0, 0.1) is 0 Å². The molecule has 0 spiro atoms. The van der Waals surface area contributed by atoms with Gasteiger partial charge in [-0.2, -0.15) is 0 Å². The molecule has 0 atom stereocenters. The first-order valence-corrected chi connectivity index (χ1v) is 11.0. The fourth-order valence-corrected chi connectivity index (χ4v) is 6.73. The smallest absolute Gasteiger partial charge is 0.264 e. The van der Waals surface area contributed by atoms with Gasteiger partial charge in [0.25, 0.3) is 10.0 Å². The number of rotatable bonds is 4.